The van der Waals surface area contributed by atoms with Crippen LogP contribution in [0.5, 0.6) is 0 Å². The SMILES string of the molecule is Cc1ccccc1CCNC(=O)Nc1nc(C)c(C)s1. The van der Waals surface area contributed by atoms with Crippen LogP contribution in [0.2, 0.25) is 0 Å². The molecule has 2 aromatic rings. The summed E-state index contributed by atoms with van der Waals surface area (Å²) in [7, 11) is 0. The lowest BCUT2D eigenvalue weighted by molar-refractivity contribution is 0.252. The Kier molecular flexibility index (Phi) is 4.74. The maximum Gasteiger partial charge on any atom is 0.321 e. The third-order valence-corrected chi connectivity index (χ3v) is 4.18. The molecule has 2 N–H and O–H groups in total. The Balaban J connectivity index is 1.80. The quantitative estimate of drug-likeness (QED) is 0.906. The van der Waals surface area contributed by atoms with Crippen molar-refractivity contribution in [2.45, 2.75) is 27.2 Å². The molecule has 0 radical (unpaired) electrons. The molecule has 0 atom stereocenters. The van der Waals surface area contributed by atoms with Gasteiger partial charge in [0.05, 0.1) is 5.69 Å². The third kappa shape index (κ3) is 3.81. The number of aryl methyl sites for hydroxylation is 3. The molecule has 1 aromatic carbocycles. The summed E-state index contributed by atoms with van der Waals surface area (Å²) < 4.78 is 0. The number of benzene rings is 1. The van der Waals surface area contributed by atoms with Gasteiger partial charge in [-0.15, -0.1) is 11.3 Å². The number of thiazole rings is 1. The number of amides is 2. The molecule has 1 aromatic heterocycles. The van der Waals surface area contributed by atoms with E-state index in [0.717, 1.165) is 17.0 Å². The Bertz CT molecular complexity index is 587. The van der Waals surface area contributed by atoms with E-state index in [2.05, 4.69) is 34.7 Å². The summed E-state index contributed by atoms with van der Waals surface area (Å²) in [6.45, 7) is 6.62. The summed E-state index contributed by atoms with van der Waals surface area (Å²) in [5, 5.41) is 6.26. The number of rotatable bonds is 4. The molecule has 0 aliphatic carbocycles. The van der Waals surface area contributed by atoms with E-state index >= 15 is 0 Å². The van der Waals surface area contributed by atoms with E-state index < -0.39 is 0 Å². The van der Waals surface area contributed by atoms with Gasteiger partial charge in [0, 0.05) is 11.4 Å². The van der Waals surface area contributed by atoms with Crippen molar-refractivity contribution in [2.75, 3.05) is 11.9 Å². The van der Waals surface area contributed by atoms with Gasteiger partial charge in [0.15, 0.2) is 5.13 Å². The molecule has 2 amide bonds. The normalized spacial score (nSPS) is 10.3. The first kappa shape index (κ1) is 14.5. The van der Waals surface area contributed by atoms with E-state index in [4.69, 9.17) is 0 Å². The number of nitrogens with zero attached hydrogens (tertiary/aromatic N) is 1. The fraction of sp³-hybridized carbons (Fsp3) is 0.333. The van der Waals surface area contributed by atoms with Crippen molar-refractivity contribution in [3.8, 4) is 0 Å². The predicted molar refractivity (Wildman–Crippen MR) is 83.5 cm³/mol. The summed E-state index contributed by atoms with van der Waals surface area (Å²) >= 11 is 1.49. The van der Waals surface area contributed by atoms with Gasteiger partial charge < -0.3 is 5.32 Å². The van der Waals surface area contributed by atoms with Crippen LogP contribution in [0.15, 0.2) is 24.3 Å². The van der Waals surface area contributed by atoms with E-state index in [-0.39, 0.29) is 6.03 Å². The molecular formula is C15H19N3OS. The summed E-state index contributed by atoms with van der Waals surface area (Å²) in [4.78, 5) is 17.2. The number of aromatic nitrogens is 1. The van der Waals surface area contributed by atoms with Gasteiger partial charge in [0.25, 0.3) is 0 Å². The van der Waals surface area contributed by atoms with Crippen LogP contribution in [0.1, 0.15) is 21.7 Å². The van der Waals surface area contributed by atoms with Gasteiger partial charge in [0.2, 0.25) is 0 Å². The number of hydrogen-bond acceptors (Lipinski definition) is 3. The molecular weight excluding hydrogens is 270 g/mol. The van der Waals surface area contributed by atoms with Crippen LogP contribution in [-0.4, -0.2) is 17.6 Å². The molecule has 4 nitrogen and oxygen atoms in total. The van der Waals surface area contributed by atoms with Crippen molar-refractivity contribution in [1.82, 2.24) is 10.3 Å². The molecule has 106 valence electrons. The van der Waals surface area contributed by atoms with Crippen molar-refractivity contribution >= 4 is 22.5 Å². The maximum absolute atomic E-state index is 11.8. The van der Waals surface area contributed by atoms with Crippen LogP contribution in [0, 0.1) is 20.8 Å². The number of nitrogens with one attached hydrogen (secondary N) is 2. The van der Waals surface area contributed by atoms with Gasteiger partial charge in [-0.05, 0) is 38.3 Å². The van der Waals surface area contributed by atoms with Gasteiger partial charge in [-0.3, -0.25) is 5.32 Å². The average Bonchev–Trinajstić information content (AvgIpc) is 2.70. The zero-order valence-electron chi connectivity index (χ0n) is 12.0. The third-order valence-electron chi connectivity index (χ3n) is 3.19. The van der Waals surface area contributed by atoms with Crippen LogP contribution in [0.25, 0.3) is 0 Å². The fourth-order valence-electron chi connectivity index (χ4n) is 1.87. The molecule has 20 heavy (non-hydrogen) atoms. The smallest absolute Gasteiger partial charge is 0.321 e. The monoisotopic (exact) mass is 289 g/mol. The van der Waals surface area contributed by atoms with E-state index in [9.17, 15) is 4.79 Å². The number of hydrogen-bond donors (Lipinski definition) is 2. The molecule has 0 spiro atoms. The maximum atomic E-state index is 11.8. The van der Waals surface area contributed by atoms with Gasteiger partial charge in [-0.2, -0.15) is 0 Å². The zero-order chi connectivity index (χ0) is 14.5. The lowest BCUT2D eigenvalue weighted by atomic mass is 10.1. The van der Waals surface area contributed by atoms with Crippen molar-refractivity contribution in [3.05, 3.63) is 46.0 Å². The standard InChI is InChI=1S/C15H19N3OS/c1-10-6-4-5-7-13(10)8-9-16-14(19)18-15-17-11(2)12(3)20-15/h4-7H,8-9H2,1-3H3,(H2,16,17,18,19). The van der Waals surface area contributed by atoms with E-state index in [0.29, 0.717) is 11.7 Å². The minimum atomic E-state index is -0.202. The highest BCUT2D eigenvalue weighted by molar-refractivity contribution is 7.15. The molecule has 0 bridgehead atoms. The van der Waals surface area contributed by atoms with Gasteiger partial charge in [-0.1, -0.05) is 24.3 Å². The van der Waals surface area contributed by atoms with E-state index in [1.165, 1.54) is 22.5 Å². The van der Waals surface area contributed by atoms with Crippen LogP contribution in [0.4, 0.5) is 9.93 Å². The first-order valence-corrected chi connectivity index (χ1v) is 7.41. The Morgan fingerprint density at radius 3 is 2.65 bits per heavy atom. The van der Waals surface area contributed by atoms with Gasteiger partial charge >= 0.3 is 6.03 Å². The number of urea groups is 1. The second kappa shape index (κ2) is 6.52. The average molecular weight is 289 g/mol. The second-order valence-corrected chi connectivity index (χ2v) is 5.92. The highest BCUT2D eigenvalue weighted by atomic mass is 32.1. The van der Waals surface area contributed by atoms with Crippen molar-refractivity contribution < 1.29 is 4.79 Å². The Labute approximate surface area is 123 Å². The van der Waals surface area contributed by atoms with Crippen LogP contribution in [-0.2, 0) is 6.42 Å². The van der Waals surface area contributed by atoms with Crippen LogP contribution < -0.4 is 10.6 Å². The summed E-state index contributed by atoms with van der Waals surface area (Å²) in [5.41, 5.74) is 3.47. The second-order valence-electron chi connectivity index (χ2n) is 4.72. The number of carbonyl (C=O) groups excluding carboxylic acids is 1. The van der Waals surface area contributed by atoms with Gasteiger partial charge in [-0.25, -0.2) is 9.78 Å². The molecule has 0 unspecified atom stereocenters. The Hall–Kier alpha value is -1.88. The number of anilines is 1. The molecule has 0 aliphatic heterocycles. The van der Waals surface area contributed by atoms with Crippen molar-refractivity contribution in [2.24, 2.45) is 0 Å². The minimum absolute atomic E-state index is 0.202. The zero-order valence-corrected chi connectivity index (χ0v) is 12.8. The lowest BCUT2D eigenvalue weighted by Gasteiger charge is -2.07. The van der Waals surface area contributed by atoms with Crippen LogP contribution >= 0.6 is 11.3 Å². The molecule has 0 aliphatic rings. The Morgan fingerprint density at radius 1 is 1.25 bits per heavy atom. The highest BCUT2D eigenvalue weighted by Crippen LogP contribution is 2.20. The topological polar surface area (TPSA) is 54.0 Å². The largest absolute Gasteiger partial charge is 0.337 e. The molecule has 0 fully saturated rings. The molecule has 1 heterocycles. The van der Waals surface area contributed by atoms with Crippen molar-refractivity contribution in [3.63, 3.8) is 0 Å². The lowest BCUT2D eigenvalue weighted by Crippen LogP contribution is -2.30. The fourth-order valence-corrected chi connectivity index (χ4v) is 2.68. The summed E-state index contributed by atoms with van der Waals surface area (Å²) in [6, 6.07) is 8.00. The first-order valence-electron chi connectivity index (χ1n) is 6.59. The molecule has 0 saturated carbocycles. The van der Waals surface area contributed by atoms with Crippen molar-refractivity contribution in [1.29, 1.82) is 0 Å². The van der Waals surface area contributed by atoms with Gasteiger partial charge in [0.1, 0.15) is 0 Å². The molecule has 2 rings (SSSR count). The molecule has 0 saturated heterocycles. The number of carbonyl (C=O) groups is 1. The van der Waals surface area contributed by atoms with E-state index in [1.54, 1.807) is 0 Å². The first-order chi connectivity index (χ1) is 9.56. The summed E-state index contributed by atoms with van der Waals surface area (Å²) in [5.74, 6) is 0. The highest BCUT2D eigenvalue weighted by Gasteiger charge is 2.07. The van der Waals surface area contributed by atoms with Crippen LogP contribution in [0.3, 0.4) is 0 Å². The Morgan fingerprint density at radius 2 is 2.00 bits per heavy atom. The van der Waals surface area contributed by atoms with E-state index in [1.807, 2.05) is 26.0 Å². The molecule has 5 heteroatoms. The summed E-state index contributed by atoms with van der Waals surface area (Å²) in [6.07, 6.45) is 0.829. The predicted octanol–water partition coefficient (Wildman–Crippen LogP) is 3.43. The minimum Gasteiger partial charge on any atom is -0.337 e.